The lowest BCUT2D eigenvalue weighted by Crippen LogP contribution is -2.18. The number of aliphatic hydroxyl groups excluding tert-OH is 1. The van der Waals surface area contributed by atoms with Crippen molar-refractivity contribution in [3.63, 3.8) is 0 Å². The zero-order valence-corrected chi connectivity index (χ0v) is 7.88. The van der Waals surface area contributed by atoms with Crippen LogP contribution < -0.4 is 0 Å². The third kappa shape index (κ3) is 1.58. The van der Waals surface area contributed by atoms with Gasteiger partial charge in [0, 0.05) is 6.61 Å². The maximum Gasteiger partial charge on any atom is 0.0464 e. The number of hydrogen-bond donors (Lipinski definition) is 1. The minimum atomic E-state index is 0.393. The zero-order chi connectivity index (χ0) is 8.43. The quantitative estimate of drug-likeness (QED) is 0.650. The molecule has 1 fully saturated rings. The van der Waals surface area contributed by atoms with Crippen molar-refractivity contribution in [3.8, 4) is 0 Å². The Hall–Kier alpha value is -0.0400. The smallest absolute Gasteiger partial charge is 0.0464 e. The van der Waals surface area contributed by atoms with Crippen molar-refractivity contribution in [2.45, 2.75) is 33.6 Å². The second-order valence-corrected chi connectivity index (χ2v) is 4.11. The number of aliphatic hydroxyl groups is 1. The Labute approximate surface area is 69.8 Å². The van der Waals surface area contributed by atoms with E-state index in [4.69, 9.17) is 5.11 Å². The van der Waals surface area contributed by atoms with Gasteiger partial charge in [-0.1, -0.05) is 27.2 Å². The molecular weight excluding hydrogens is 136 g/mol. The number of rotatable bonds is 2. The van der Waals surface area contributed by atoms with E-state index in [1.54, 1.807) is 0 Å². The van der Waals surface area contributed by atoms with Gasteiger partial charge in [-0.3, -0.25) is 0 Å². The van der Waals surface area contributed by atoms with Crippen LogP contribution in [0.25, 0.3) is 0 Å². The molecule has 66 valence electrons. The Morgan fingerprint density at radius 2 is 1.73 bits per heavy atom. The van der Waals surface area contributed by atoms with Gasteiger partial charge in [0.2, 0.25) is 0 Å². The molecule has 11 heavy (non-hydrogen) atoms. The highest BCUT2D eigenvalue weighted by Gasteiger charge is 2.36. The summed E-state index contributed by atoms with van der Waals surface area (Å²) in [4.78, 5) is 0. The molecule has 0 amide bonds. The molecule has 0 radical (unpaired) electrons. The van der Waals surface area contributed by atoms with Gasteiger partial charge in [-0.25, -0.2) is 0 Å². The van der Waals surface area contributed by atoms with Gasteiger partial charge in [-0.2, -0.15) is 0 Å². The van der Waals surface area contributed by atoms with Crippen molar-refractivity contribution in [1.29, 1.82) is 0 Å². The van der Waals surface area contributed by atoms with Crippen molar-refractivity contribution < 1.29 is 5.11 Å². The van der Waals surface area contributed by atoms with Crippen molar-refractivity contribution in [1.82, 2.24) is 0 Å². The SMILES string of the molecule is CC[C@H]1C(CO)[C@H](C)C[C@@H]1C. The highest BCUT2D eigenvalue weighted by atomic mass is 16.3. The van der Waals surface area contributed by atoms with Crippen LogP contribution in [0.5, 0.6) is 0 Å². The summed E-state index contributed by atoms with van der Waals surface area (Å²) in [6, 6.07) is 0. The summed E-state index contributed by atoms with van der Waals surface area (Å²) in [5.41, 5.74) is 0. The van der Waals surface area contributed by atoms with Crippen LogP contribution >= 0.6 is 0 Å². The van der Waals surface area contributed by atoms with E-state index in [1.165, 1.54) is 12.8 Å². The maximum absolute atomic E-state index is 9.16. The highest BCUT2D eigenvalue weighted by molar-refractivity contribution is 4.85. The fourth-order valence-corrected chi connectivity index (χ4v) is 2.80. The van der Waals surface area contributed by atoms with E-state index in [0.717, 1.165) is 17.8 Å². The molecule has 0 spiro atoms. The lowest BCUT2D eigenvalue weighted by atomic mass is 9.87. The predicted molar refractivity (Wildman–Crippen MR) is 47.3 cm³/mol. The molecule has 0 saturated heterocycles. The molecular formula is C10H20O. The maximum atomic E-state index is 9.16. The summed E-state index contributed by atoms with van der Waals surface area (Å²) < 4.78 is 0. The monoisotopic (exact) mass is 156 g/mol. The average Bonchev–Trinajstić information content (AvgIpc) is 2.24. The van der Waals surface area contributed by atoms with E-state index in [-0.39, 0.29) is 0 Å². The first-order chi connectivity index (χ1) is 5.20. The van der Waals surface area contributed by atoms with Crippen molar-refractivity contribution >= 4 is 0 Å². The summed E-state index contributed by atoms with van der Waals surface area (Å²) in [7, 11) is 0. The standard InChI is InChI=1S/C10H20O/c1-4-9-7(2)5-8(3)10(9)6-11/h7-11H,4-6H2,1-3H3/t7-,8+,9+,10?/m0/s1. The second-order valence-electron chi connectivity index (χ2n) is 4.11. The van der Waals surface area contributed by atoms with Crippen LogP contribution in [0.2, 0.25) is 0 Å². The first kappa shape index (κ1) is 9.05. The average molecular weight is 156 g/mol. The molecule has 1 saturated carbocycles. The van der Waals surface area contributed by atoms with Gasteiger partial charge in [0.25, 0.3) is 0 Å². The lowest BCUT2D eigenvalue weighted by molar-refractivity contribution is 0.156. The van der Waals surface area contributed by atoms with Crippen molar-refractivity contribution in [3.05, 3.63) is 0 Å². The molecule has 1 rings (SSSR count). The molecule has 0 aromatic carbocycles. The highest BCUT2D eigenvalue weighted by Crippen LogP contribution is 2.42. The van der Waals surface area contributed by atoms with Gasteiger partial charge in [0.15, 0.2) is 0 Å². The molecule has 0 bridgehead atoms. The van der Waals surface area contributed by atoms with E-state index < -0.39 is 0 Å². The Bertz CT molecular complexity index is 108. The number of hydrogen-bond acceptors (Lipinski definition) is 1. The van der Waals surface area contributed by atoms with Gasteiger partial charge < -0.3 is 5.11 Å². The van der Waals surface area contributed by atoms with Crippen molar-refractivity contribution in [2.24, 2.45) is 23.7 Å². The van der Waals surface area contributed by atoms with Gasteiger partial charge in [0.1, 0.15) is 0 Å². The van der Waals surface area contributed by atoms with E-state index in [9.17, 15) is 0 Å². The van der Waals surface area contributed by atoms with E-state index >= 15 is 0 Å². The first-order valence-electron chi connectivity index (χ1n) is 4.81. The first-order valence-corrected chi connectivity index (χ1v) is 4.81. The minimum Gasteiger partial charge on any atom is -0.396 e. The zero-order valence-electron chi connectivity index (χ0n) is 7.88. The molecule has 1 aliphatic rings. The van der Waals surface area contributed by atoms with Gasteiger partial charge >= 0.3 is 0 Å². The fourth-order valence-electron chi connectivity index (χ4n) is 2.80. The molecule has 4 atom stereocenters. The Morgan fingerprint density at radius 1 is 1.18 bits per heavy atom. The van der Waals surface area contributed by atoms with E-state index in [0.29, 0.717) is 12.5 Å². The summed E-state index contributed by atoms with van der Waals surface area (Å²) in [6.45, 7) is 7.22. The van der Waals surface area contributed by atoms with Crippen LogP contribution in [-0.4, -0.2) is 11.7 Å². The third-order valence-corrected chi connectivity index (χ3v) is 3.44. The molecule has 0 heterocycles. The molecule has 1 unspecified atom stereocenters. The molecule has 1 N–H and O–H groups in total. The summed E-state index contributed by atoms with van der Waals surface area (Å²) in [5, 5.41) is 9.16. The normalized spacial score (nSPS) is 44.7. The van der Waals surface area contributed by atoms with Crippen molar-refractivity contribution in [2.75, 3.05) is 6.61 Å². The second kappa shape index (κ2) is 3.57. The fraction of sp³-hybridized carbons (Fsp3) is 1.00. The van der Waals surface area contributed by atoms with Gasteiger partial charge in [-0.15, -0.1) is 0 Å². The topological polar surface area (TPSA) is 20.2 Å². The molecule has 1 heteroatoms. The van der Waals surface area contributed by atoms with Crippen LogP contribution in [0, 0.1) is 23.7 Å². The third-order valence-electron chi connectivity index (χ3n) is 3.44. The predicted octanol–water partition coefficient (Wildman–Crippen LogP) is 2.30. The molecule has 1 aliphatic carbocycles. The van der Waals surface area contributed by atoms with Crippen LogP contribution in [-0.2, 0) is 0 Å². The Balaban J connectivity index is 2.59. The van der Waals surface area contributed by atoms with E-state index in [1.807, 2.05) is 0 Å². The Kier molecular flexibility index (Phi) is 2.94. The summed E-state index contributed by atoms with van der Waals surface area (Å²) in [5.74, 6) is 2.91. The molecule has 0 aromatic rings. The Morgan fingerprint density at radius 3 is 2.09 bits per heavy atom. The molecule has 0 aromatic heterocycles. The molecule has 0 aliphatic heterocycles. The summed E-state index contributed by atoms with van der Waals surface area (Å²) in [6.07, 6.45) is 2.54. The van der Waals surface area contributed by atoms with Gasteiger partial charge in [-0.05, 0) is 30.1 Å². The van der Waals surface area contributed by atoms with Crippen LogP contribution in [0.4, 0.5) is 0 Å². The minimum absolute atomic E-state index is 0.393. The van der Waals surface area contributed by atoms with E-state index in [2.05, 4.69) is 20.8 Å². The van der Waals surface area contributed by atoms with Crippen LogP contribution in [0.3, 0.4) is 0 Å². The molecule has 1 nitrogen and oxygen atoms in total. The lowest BCUT2D eigenvalue weighted by Gasteiger charge is -2.20. The largest absolute Gasteiger partial charge is 0.396 e. The van der Waals surface area contributed by atoms with Gasteiger partial charge in [0.05, 0.1) is 0 Å². The van der Waals surface area contributed by atoms with Crippen LogP contribution in [0.15, 0.2) is 0 Å². The van der Waals surface area contributed by atoms with Crippen LogP contribution in [0.1, 0.15) is 33.6 Å². The summed E-state index contributed by atoms with van der Waals surface area (Å²) >= 11 is 0.